The van der Waals surface area contributed by atoms with Gasteiger partial charge in [0, 0.05) is 13.1 Å². The molecule has 2 aliphatic rings. The summed E-state index contributed by atoms with van der Waals surface area (Å²) in [5, 5.41) is 2.68. The molecule has 1 saturated heterocycles. The lowest BCUT2D eigenvalue weighted by Gasteiger charge is -2.32. The fourth-order valence-electron chi connectivity index (χ4n) is 2.17. The first-order chi connectivity index (χ1) is 9.24. The molecule has 1 aromatic rings. The minimum absolute atomic E-state index is 0.0837. The zero-order valence-corrected chi connectivity index (χ0v) is 10.3. The molecule has 2 aliphatic heterocycles. The van der Waals surface area contributed by atoms with E-state index in [1.807, 2.05) is 12.1 Å². The van der Waals surface area contributed by atoms with Crippen LogP contribution in [0.3, 0.4) is 0 Å². The molecule has 0 aromatic heterocycles. The number of nitrogens with zero attached hydrogens (tertiary/aromatic N) is 1. The molecule has 3 rings (SSSR count). The second-order valence-electron chi connectivity index (χ2n) is 4.47. The van der Waals surface area contributed by atoms with E-state index in [2.05, 4.69) is 5.32 Å². The molecule has 0 radical (unpaired) electrons. The van der Waals surface area contributed by atoms with Crippen LogP contribution in [-0.2, 0) is 9.59 Å². The highest BCUT2D eigenvalue weighted by Gasteiger charge is 2.32. The molecule has 1 atom stereocenters. The second kappa shape index (κ2) is 4.79. The van der Waals surface area contributed by atoms with Crippen molar-refractivity contribution in [1.82, 2.24) is 10.2 Å². The van der Waals surface area contributed by atoms with Crippen LogP contribution in [-0.4, -0.2) is 49.1 Å². The number of nitrogens with one attached hydrogen (secondary N) is 1. The van der Waals surface area contributed by atoms with Gasteiger partial charge in [-0.3, -0.25) is 9.59 Å². The van der Waals surface area contributed by atoms with E-state index in [1.165, 1.54) is 4.90 Å². The lowest BCUT2D eigenvalue weighted by atomic mass is 10.2. The minimum atomic E-state index is -0.680. The highest BCUT2D eigenvalue weighted by Crippen LogP contribution is 2.31. The van der Waals surface area contributed by atoms with Crippen molar-refractivity contribution in [3.8, 4) is 11.5 Å². The van der Waals surface area contributed by atoms with Gasteiger partial charge >= 0.3 is 0 Å². The normalized spacial score (nSPS) is 21.8. The lowest BCUT2D eigenvalue weighted by molar-refractivity contribution is -0.145. The quantitative estimate of drug-likeness (QED) is 0.760. The summed E-state index contributed by atoms with van der Waals surface area (Å²) in [5.74, 6) is 0.859. The van der Waals surface area contributed by atoms with Crippen LogP contribution in [0.5, 0.6) is 11.5 Å². The zero-order valence-electron chi connectivity index (χ0n) is 10.3. The average Bonchev–Trinajstić information content (AvgIpc) is 2.46. The van der Waals surface area contributed by atoms with Crippen molar-refractivity contribution in [2.24, 2.45) is 0 Å². The minimum Gasteiger partial charge on any atom is -0.485 e. The number of para-hydroxylation sites is 2. The number of hydrogen-bond donors (Lipinski definition) is 1. The molecule has 2 heterocycles. The van der Waals surface area contributed by atoms with Crippen LogP contribution in [0.4, 0.5) is 0 Å². The summed E-state index contributed by atoms with van der Waals surface area (Å²) in [6.45, 7) is 1.25. The standard InChI is InChI=1S/C13H14N2O4/c16-12-7-15(6-5-14-12)13(17)11-8-18-9-3-1-2-4-10(9)19-11/h1-4,11H,5-8H2,(H,14,16)/t11-/m0/s1. The van der Waals surface area contributed by atoms with Crippen LogP contribution in [0.15, 0.2) is 24.3 Å². The van der Waals surface area contributed by atoms with Gasteiger partial charge in [-0.05, 0) is 12.1 Å². The van der Waals surface area contributed by atoms with Gasteiger partial charge in [-0.2, -0.15) is 0 Å². The maximum absolute atomic E-state index is 12.2. The number of piperazine rings is 1. The number of hydrogen-bond acceptors (Lipinski definition) is 4. The van der Waals surface area contributed by atoms with E-state index in [-0.39, 0.29) is 25.0 Å². The van der Waals surface area contributed by atoms with E-state index in [0.29, 0.717) is 24.6 Å². The summed E-state index contributed by atoms with van der Waals surface area (Å²) < 4.78 is 11.1. The Morgan fingerprint density at radius 1 is 1.32 bits per heavy atom. The molecule has 0 saturated carbocycles. The molecule has 2 amide bonds. The number of benzene rings is 1. The Bertz CT molecular complexity index is 517. The monoisotopic (exact) mass is 262 g/mol. The fraction of sp³-hybridized carbons (Fsp3) is 0.385. The van der Waals surface area contributed by atoms with Crippen LogP contribution in [0.25, 0.3) is 0 Å². The van der Waals surface area contributed by atoms with E-state index < -0.39 is 6.10 Å². The van der Waals surface area contributed by atoms with Crippen molar-refractivity contribution in [3.05, 3.63) is 24.3 Å². The van der Waals surface area contributed by atoms with Crippen molar-refractivity contribution in [3.63, 3.8) is 0 Å². The molecule has 1 aromatic carbocycles. The van der Waals surface area contributed by atoms with Crippen LogP contribution in [0, 0.1) is 0 Å². The Hall–Kier alpha value is -2.24. The van der Waals surface area contributed by atoms with Gasteiger partial charge in [-0.1, -0.05) is 12.1 Å². The third-order valence-electron chi connectivity index (χ3n) is 3.13. The zero-order chi connectivity index (χ0) is 13.2. The SMILES string of the molecule is O=C1CN(C(=O)[C@@H]2COc3ccccc3O2)CCN1. The first-order valence-corrected chi connectivity index (χ1v) is 6.18. The first-order valence-electron chi connectivity index (χ1n) is 6.18. The molecular weight excluding hydrogens is 248 g/mol. The summed E-state index contributed by atoms with van der Waals surface area (Å²) >= 11 is 0. The van der Waals surface area contributed by atoms with Crippen LogP contribution < -0.4 is 14.8 Å². The van der Waals surface area contributed by atoms with Gasteiger partial charge in [0.2, 0.25) is 12.0 Å². The smallest absolute Gasteiger partial charge is 0.267 e. The highest BCUT2D eigenvalue weighted by atomic mass is 16.6. The molecule has 0 aliphatic carbocycles. The van der Waals surface area contributed by atoms with Crippen molar-refractivity contribution in [2.75, 3.05) is 26.2 Å². The highest BCUT2D eigenvalue weighted by molar-refractivity contribution is 5.88. The lowest BCUT2D eigenvalue weighted by Crippen LogP contribution is -2.55. The van der Waals surface area contributed by atoms with Crippen LogP contribution >= 0.6 is 0 Å². The summed E-state index contributed by atoms with van der Waals surface area (Å²) in [4.78, 5) is 25.0. The van der Waals surface area contributed by atoms with Crippen LogP contribution in [0.1, 0.15) is 0 Å². The Morgan fingerprint density at radius 2 is 2.11 bits per heavy atom. The molecule has 0 bridgehead atoms. The molecule has 1 N–H and O–H groups in total. The maximum Gasteiger partial charge on any atom is 0.267 e. The van der Waals surface area contributed by atoms with Gasteiger partial charge in [0.05, 0.1) is 6.54 Å². The molecule has 1 fully saturated rings. The van der Waals surface area contributed by atoms with E-state index in [4.69, 9.17) is 9.47 Å². The third-order valence-corrected chi connectivity index (χ3v) is 3.13. The van der Waals surface area contributed by atoms with Crippen molar-refractivity contribution in [1.29, 1.82) is 0 Å². The van der Waals surface area contributed by atoms with Crippen molar-refractivity contribution < 1.29 is 19.1 Å². The number of carbonyl (C=O) groups excluding carboxylic acids is 2. The summed E-state index contributed by atoms with van der Waals surface area (Å²) in [5.41, 5.74) is 0. The predicted octanol–water partition coefficient (Wildman–Crippen LogP) is -0.215. The molecule has 0 unspecified atom stereocenters. The van der Waals surface area contributed by atoms with Crippen molar-refractivity contribution in [2.45, 2.75) is 6.10 Å². The number of fused-ring (bicyclic) bond motifs is 1. The summed E-state index contributed by atoms with van der Waals surface area (Å²) in [7, 11) is 0. The van der Waals surface area contributed by atoms with Crippen LogP contribution in [0.2, 0.25) is 0 Å². The fourth-order valence-corrected chi connectivity index (χ4v) is 2.17. The summed E-state index contributed by atoms with van der Waals surface area (Å²) in [6.07, 6.45) is -0.680. The van der Waals surface area contributed by atoms with Gasteiger partial charge < -0.3 is 19.7 Å². The molecule has 100 valence electrons. The number of carbonyl (C=O) groups is 2. The number of amides is 2. The van der Waals surface area contributed by atoms with Gasteiger partial charge in [-0.15, -0.1) is 0 Å². The first kappa shape index (κ1) is 11.8. The van der Waals surface area contributed by atoms with Gasteiger partial charge in [0.25, 0.3) is 5.91 Å². The second-order valence-corrected chi connectivity index (χ2v) is 4.47. The Balaban J connectivity index is 1.70. The Kier molecular flexibility index (Phi) is 2.98. The molecule has 6 nitrogen and oxygen atoms in total. The molecule has 19 heavy (non-hydrogen) atoms. The third kappa shape index (κ3) is 2.33. The predicted molar refractivity (Wildman–Crippen MR) is 65.9 cm³/mol. The van der Waals surface area contributed by atoms with E-state index in [0.717, 1.165) is 0 Å². The number of rotatable bonds is 1. The average molecular weight is 262 g/mol. The van der Waals surface area contributed by atoms with Gasteiger partial charge in [0.15, 0.2) is 11.5 Å². The van der Waals surface area contributed by atoms with Crippen molar-refractivity contribution >= 4 is 11.8 Å². The molecule has 0 spiro atoms. The Labute approximate surface area is 110 Å². The largest absolute Gasteiger partial charge is 0.485 e. The molecule has 6 heteroatoms. The summed E-state index contributed by atoms with van der Waals surface area (Å²) in [6, 6.07) is 7.23. The van der Waals surface area contributed by atoms with Gasteiger partial charge in [0.1, 0.15) is 6.61 Å². The van der Waals surface area contributed by atoms with E-state index in [1.54, 1.807) is 12.1 Å². The molecular formula is C13H14N2O4. The van der Waals surface area contributed by atoms with Gasteiger partial charge in [-0.25, -0.2) is 0 Å². The Morgan fingerprint density at radius 3 is 2.89 bits per heavy atom. The topological polar surface area (TPSA) is 67.9 Å². The van der Waals surface area contributed by atoms with E-state index >= 15 is 0 Å². The maximum atomic E-state index is 12.2. The number of ether oxygens (including phenoxy) is 2. The van der Waals surface area contributed by atoms with E-state index in [9.17, 15) is 9.59 Å².